The monoisotopic (exact) mass is 466 g/mol. The molecular formula is C28H26N4OS. The normalized spacial score (nSPS) is 14.8. The molecule has 0 unspecified atom stereocenters. The smallest absolute Gasteiger partial charge is 0.282 e. The minimum atomic E-state index is -0.148. The second-order valence-electron chi connectivity index (χ2n) is 8.20. The highest BCUT2D eigenvalue weighted by atomic mass is 32.1. The van der Waals surface area contributed by atoms with Crippen LogP contribution in [0.15, 0.2) is 82.8 Å². The second-order valence-corrected chi connectivity index (χ2v) is 9.04. The molecule has 0 radical (unpaired) electrons. The van der Waals surface area contributed by atoms with Crippen LogP contribution in [-0.2, 0) is 4.79 Å². The van der Waals surface area contributed by atoms with Gasteiger partial charge in [-0.1, -0.05) is 48.5 Å². The van der Waals surface area contributed by atoms with Crippen molar-refractivity contribution >= 4 is 50.6 Å². The van der Waals surface area contributed by atoms with Crippen molar-refractivity contribution in [2.45, 2.75) is 20.8 Å². The first kappa shape index (κ1) is 22.0. The van der Waals surface area contributed by atoms with Gasteiger partial charge in [0.2, 0.25) is 5.13 Å². The van der Waals surface area contributed by atoms with E-state index >= 15 is 0 Å². The summed E-state index contributed by atoms with van der Waals surface area (Å²) in [5.74, 6) is -0.148. The average Bonchev–Trinajstić information content (AvgIpc) is 3.46. The molecular weight excluding hydrogens is 440 g/mol. The zero-order valence-corrected chi connectivity index (χ0v) is 20.3. The highest BCUT2D eigenvalue weighted by Gasteiger charge is 2.30. The zero-order valence-electron chi connectivity index (χ0n) is 19.5. The van der Waals surface area contributed by atoms with E-state index in [1.807, 2.05) is 42.6 Å². The van der Waals surface area contributed by atoms with Crippen molar-refractivity contribution < 1.29 is 4.79 Å². The van der Waals surface area contributed by atoms with Crippen molar-refractivity contribution in [3.8, 4) is 11.3 Å². The molecule has 3 aromatic carbocycles. The largest absolute Gasteiger partial charge is 0.372 e. The first-order valence-electron chi connectivity index (χ1n) is 11.5. The number of hydrogen-bond donors (Lipinski definition) is 0. The van der Waals surface area contributed by atoms with Crippen LogP contribution in [0.5, 0.6) is 0 Å². The standard InChI is InChI=1S/C28H26N4OS/c1-4-31(5-2)24-14-10-20(11-15-24)16-25-19(3)30-32(27(25)33)28-29-26(18-34-28)23-13-12-21-8-6-7-9-22(21)17-23/h6-18H,4-5H2,1-3H3. The van der Waals surface area contributed by atoms with Crippen molar-refractivity contribution in [3.63, 3.8) is 0 Å². The number of anilines is 2. The predicted molar refractivity (Wildman–Crippen MR) is 144 cm³/mol. The number of aromatic nitrogens is 1. The molecule has 0 atom stereocenters. The number of thiazole rings is 1. The molecule has 1 aliphatic rings. The minimum absolute atomic E-state index is 0.148. The Hall–Kier alpha value is -3.77. The molecule has 34 heavy (non-hydrogen) atoms. The number of carbonyl (C=O) groups is 1. The van der Waals surface area contributed by atoms with Crippen molar-refractivity contribution in [2.75, 3.05) is 23.0 Å². The lowest BCUT2D eigenvalue weighted by molar-refractivity contribution is -0.114. The molecule has 5 rings (SSSR count). The van der Waals surface area contributed by atoms with Gasteiger partial charge in [-0.2, -0.15) is 10.1 Å². The van der Waals surface area contributed by atoms with Gasteiger partial charge >= 0.3 is 0 Å². The van der Waals surface area contributed by atoms with Gasteiger partial charge in [-0.25, -0.2) is 4.98 Å². The lowest BCUT2D eigenvalue weighted by Crippen LogP contribution is -2.21. The maximum atomic E-state index is 13.2. The third kappa shape index (κ3) is 4.13. The summed E-state index contributed by atoms with van der Waals surface area (Å²) in [6.07, 6.45) is 1.91. The Labute approximate surface area is 203 Å². The Morgan fingerprint density at radius 1 is 0.971 bits per heavy atom. The van der Waals surface area contributed by atoms with E-state index in [1.54, 1.807) is 0 Å². The van der Waals surface area contributed by atoms with Gasteiger partial charge in [0.1, 0.15) is 0 Å². The number of amides is 1. The number of nitrogens with zero attached hydrogens (tertiary/aromatic N) is 4. The first-order chi connectivity index (χ1) is 16.6. The van der Waals surface area contributed by atoms with E-state index in [9.17, 15) is 4.79 Å². The lowest BCUT2D eigenvalue weighted by atomic mass is 10.1. The third-order valence-corrected chi connectivity index (χ3v) is 6.93. The molecule has 4 aromatic rings. The molecule has 1 aliphatic heterocycles. The third-order valence-electron chi connectivity index (χ3n) is 6.11. The molecule has 6 heteroatoms. The molecule has 0 spiro atoms. The van der Waals surface area contributed by atoms with Gasteiger partial charge in [-0.3, -0.25) is 4.79 Å². The summed E-state index contributed by atoms with van der Waals surface area (Å²) in [5, 5.41) is 10.8. The van der Waals surface area contributed by atoms with Crippen molar-refractivity contribution in [1.82, 2.24) is 4.98 Å². The predicted octanol–water partition coefficient (Wildman–Crippen LogP) is 6.62. The highest BCUT2D eigenvalue weighted by Crippen LogP contribution is 2.32. The lowest BCUT2D eigenvalue weighted by Gasteiger charge is -2.20. The zero-order chi connectivity index (χ0) is 23.7. The fraction of sp³-hybridized carbons (Fsp3) is 0.179. The van der Waals surface area contributed by atoms with Gasteiger partial charge in [-0.15, -0.1) is 11.3 Å². The van der Waals surface area contributed by atoms with Crippen LogP contribution in [-0.4, -0.2) is 29.7 Å². The summed E-state index contributed by atoms with van der Waals surface area (Å²) in [6.45, 7) is 8.09. The van der Waals surface area contributed by atoms with Crippen LogP contribution in [0.25, 0.3) is 28.1 Å². The topological polar surface area (TPSA) is 48.8 Å². The average molecular weight is 467 g/mol. The molecule has 170 valence electrons. The highest BCUT2D eigenvalue weighted by molar-refractivity contribution is 7.14. The number of rotatable bonds is 6. The molecule has 0 saturated heterocycles. The summed E-state index contributed by atoms with van der Waals surface area (Å²) >= 11 is 1.43. The molecule has 1 aromatic heterocycles. The number of benzene rings is 3. The SMILES string of the molecule is CCN(CC)c1ccc(C=C2C(=O)N(c3nc(-c4ccc5ccccc5c4)cs3)N=C2C)cc1. The molecule has 0 aliphatic carbocycles. The van der Waals surface area contributed by atoms with E-state index < -0.39 is 0 Å². The summed E-state index contributed by atoms with van der Waals surface area (Å²) in [7, 11) is 0. The molecule has 2 heterocycles. The number of fused-ring (bicyclic) bond motifs is 1. The first-order valence-corrected chi connectivity index (χ1v) is 12.4. The van der Waals surface area contributed by atoms with Crippen LogP contribution in [0.4, 0.5) is 10.8 Å². The van der Waals surface area contributed by atoms with Crippen LogP contribution in [0.2, 0.25) is 0 Å². The Morgan fingerprint density at radius 3 is 2.44 bits per heavy atom. The Bertz CT molecular complexity index is 1410. The van der Waals surface area contributed by atoms with Gasteiger partial charge < -0.3 is 4.90 Å². The fourth-order valence-electron chi connectivity index (χ4n) is 4.19. The van der Waals surface area contributed by atoms with E-state index in [2.05, 4.69) is 66.3 Å². The van der Waals surface area contributed by atoms with Crippen molar-refractivity contribution in [2.24, 2.45) is 5.10 Å². The summed E-state index contributed by atoms with van der Waals surface area (Å²) in [6, 6.07) is 22.8. The van der Waals surface area contributed by atoms with Crippen LogP contribution < -0.4 is 9.91 Å². The maximum Gasteiger partial charge on any atom is 0.282 e. The van der Waals surface area contributed by atoms with Gasteiger partial charge in [0.25, 0.3) is 5.91 Å². The molecule has 0 fully saturated rings. The van der Waals surface area contributed by atoms with Gasteiger partial charge in [0.05, 0.1) is 17.0 Å². The van der Waals surface area contributed by atoms with Crippen molar-refractivity contribution in [1.29, 1.82) is 0 Å². The van der Waals surface area contributed by atoms with E-state index in [4.69, 9.17) is 4.98 Å². The van der Waals surface area contributed by atoms with E-state index in [1.165, 1.54) is 27.4 Å². The summed E-state index contributed by atoms with van der Waals surface area (Å²) in [5.41, 5.74) is 5.32. The Morgan fingerprint density at radius 2 is 1.71 bits per heavy atom. The van der Waals surface area contributed by atoms with Gasteiger partial charge in [0.15, 0.2) is 0 Å². The van der Waals surface area contributed by atoms with Crippen molar-refractivity contribution in [3.05, 3.63) is 83.2 Å². The van der Waals surface area contributed by atoms with Crippen LogP contribution in [0.3, 0.4) is 0 Å². The Kier molecular flexibility index (Phi) is 5.99. The van der Waals surface area contributed by atoms with E-state index in [0.717, 1.165) is 35.3 Å². The van der Waals surface area contributed by atoms with Crippen LogP contribution >= 0.6 is 11.3 Å². The molecule has 0 bridgehead atoms. The number of hydrazone groups is 1. The number of carbonyl (C=O) groups excluding carboxylic acids is 1. The molecule has 5 nitrogen and oxygen atoms in total. The van der Waals surface area contributed by atoms with Gasteiger partial charge in [0, 0.05) is 29.7 Å². The summed E-state index contributed by atoms with van der Waals surface area (Å²) < 4.78 is 0. The van der Waals surface area contributed by atoms with Crippen LogP contribution in [0.1, 0.15) is 26.3 Å². The van der Waals surface area contributed by atoms with E-state index in [-0.39, 0.29) is 5.91 Å². The molecule has 1 amide bonds. The molecule has 0 N–H and O–H groups in total. The molecule has 0 saturated carbocycles. The number of hydrogen-bond acceptors (Lipinski definition) is 5. The van der Waals surface area contributed by atoms with Crippen LogP contribution in [0, 0.1) is 0 Å². The van der Waals surface area contributed by atoms with E-state index in [0.29, 0.717) is 16.4 Å². The minimum Gasteiger partial charge on any atom is -0.372 e. The quantitative estimate of drug-likeness (QED) is 0.300. The van der Waals surface area contributed by atoms with Gasteiger partial charge in [-0.05, 0) is 61.4 Å². The maximum absolute atomic E-state index is 13.2. The second kappa shape index (κ2) is 9.23. The Balaban J connectivity index is 1.38. The fourth-order valence-corrected chi connectivity index (χ4v) is 4.97. The summed E-state index contributed by atoms with van der Waals surface area (Å²) in [4.78, 5) is 20.2.